The highest BCUT2D eigenvalue weighted by molar-refractivity contribution is 4.76. The molecule has 1 rings (SSSR count). The molecule has 2 unspecified atom stereocenters. The maximum Gasteiger partial charge on any atom is 0.115 e. The van der Waals surface area contributed by atoms with Crippen LogP contribution in [0.25, 0.3) is 0 Å². The van der Waals surface area contributed by atoms with E-state index in [1.54, 1.807) is 0 Å². The average molecular weight is 145 g/mol. The van der Waals surface area contributed by atoms with E-state index in [2.05, 4.69) is 12.2 Å². The van der Waals surface area contributed by atoms with Crippen LogP contribution in [-0.2, 0) is 0 Å². The van der Waals surface area contributed by atoms with Crippen molar-refractivity contribution in [3.63, 3.8) is 0 Å². The molecule has 0 aliphatic carbocycles. The monoisotopic (exact) mass is 145 g/mol. The molecule has 10 heavy (non-hydrogen) atoms. The summed E-state index contributed by atoms with van der Waals surface area (Å²) in [6.45, 7) is 3.70. The lowest BCUT2D eigenvalue weighted by atomic mass is 9.92. The molecule has 1 aliphatic rings. The van der Waals surface area contributed by atoms with Crippen molar-refractivity contribution < 1.29 is 4.39 Å². The second-order valence-corrected chi connectivity index (χ2v) is 3.06. The zero-order chi connectivity index (χ0) is 7.40. The van der Waals surface area contributed by atoms with E-state index in [4.69, 9.17) is 0 Å². The van der Waals surface area contributed by atoms with E-state index in [-0.39, 0.29) is 0 Å². The molecule has 60 valence electrons. The second-order valence-electron chi connectivity index (χ2n) is 3.06. The van der Waals surface area contributed by atoms with E-state index in [9.17, 15) is 4.39 Å². The summed E-state index contributed by atoms with van der Waals surface area (Å²) in [5.41, 5.74) is 0. The number of rotatable bonds is 2. The van der Waals surface area contributed by atoms with Gasteiger partial charge in [-0.2, -0.15) is 0 Å². The Morgan fingerprint density at radius 2 is 2.40 bits per heavy atom. The summed E-state index contributed by atoms with van der Waals surface area (Å²) in [5, 5.41) is 3.05. The Labute approximate surface area is 62.0 Å². The van der Waals surface area contributed by atoms with E-state index in [0.29, 0.717) is 12.5 Å². The fraction of sp³-hybridized carbons (Fsp3) is 1.00. The van der Waals surface area contributed by atoms with Crippen LogP contribution in [0, 0.1) is 5.92 Å². The molecule has 1 aliphatic heterocycles. The standard InChI is InChI=1S/C8H16FN/c1-2-3-7-4-5-10-6-8(7)9/h7-8,10H,2-6H2,1H3. The molecule has 0 radical (unpaired) electrons. The first-order chi connectivity index (χ1) is 4.84. The van der Waals surface area contributed by atoms with E-state index < -0.39 is 6.17 Å². The highest BCUT2D eigenvalue weighted by atomic mass is 19.1. The van der Waals surface area contributed by atoms with Crippen LogP contribution in [0.2, 0.25) is 0 Å². The minimum absolute atomic E-state index is 0.339. The Bertz CT molecular complexity index is 93.3. The van der Waals surface area contributed by atoms with Gasteiger partial charge in [0.1, 0.15) is 6.17 Å². The van der Waals surface area contributed by atoms with Crippen LogP contribution in [0.15, 0.2) is 0 Å². The lowest BCUT2D eigenvalue weighted by Crippen LogP contribution is -2.37. The summed E-state index contributed by atoms with van der Waals surface area (Å²) >= 11 is 0. The molecule has 1 nitrogen and oxygen atoms in total. The third-order valence-corrected chi connectivity index (χ3v) is 2.20. The lowest BCUT2D eigenvalue weighted by molar-refractivity contribution is 0.171. The lowest BCUT2D eigenvalue weighted by Gasteiger charge is -2.25. The molecule has 0 saturated carbocycles. The molecule has 0 aromatic heterocycles. The molecule has 1 fully saturated rings. The Morgan fingerprint density at radius 3 is 3.00 bits per heavy atom. The van der Waals surface area contributed by atoms with E-state index >= 15 is 0 Å². The first kappa shape index (κ1) is 7.99. The summed E-state index contributed by atoms with van der Waals surface area (Å²) in [6, 6.07) is 0. The van der Waals surface area contributed by atoms with Gasteiger partial charge in [-0.3, -0.25) is 0 Å². The van der Waals surface area contributed by atoms with Crippen molar-refractivity contribution in [2.24, 2.45) is 5.92 Å². The normalized spacial score (nSPS) is 34.2. The van der Waals surface area contributed by atoms with Crippen LogP contribution in [-0.4, -0.2) is 19.3 Å². The molecular weight excluding hydrogens is 129 g/mol. The average Bonchev–Trinajstić information content (AvgIpc) is 1.94. The van der Waals surface area contributed by atoms with E-state index in [1.165, 1.54) is 0 Å². The molecule has 0 amide bonds. The molecule has 0 aromatic rings. The summed E-state index contributed by atoms with van der Waals surface area (Å²) in [4.78, 5) is 0. The number of hydrogen-bond acceptors (Lipinski definition) is 1. The SMILES string of the molecule is CCCC1CCNCC1F. The third-order valence-electron chi connectivity index (χ3n) is 2.20. The van der Waals surface area contributed by atoms with Crippen molar-refractivity contribution in [3.05, 3.63) is 0 Å². The van der Waals surface area contributed by atoms with Gasteiger partial charge >= 0.3 is 0 Å². The van der Waals surface area contributed by atoms with Gasteiger partial charge in [0.05, 0.1) is 0 Å². The fourth-order valence-electron chi connectivity index (χ4n) is 1.57. The number of piperidine rings is 1. The molecule has 0 aromatic carbocycles. The summed E-state index contributed by atoms with van der Waals surface area (Å²) < 4.78 is 13.0. The molecule has 0 spiro atoms. The highest BCUT2D eigenvalue weighted by Gasteiger charge is 2.22. The first-order valence-electron chi connectivity index (χ1n) is 4.19. The van der Waals surface area contributed by atoms with E-state index in [0.717, 1.165) is 25.8 Å². The maximum atomic E-state index is 13.0. The summed E-state index contributed by atoms with van der Waals surface area (Å²) in [5.74, 6) is 0.339. The number of hydrogen-bond donors (Lipinski definition) is 1. The van der Waals surface area contributed by atoms with Gasteiger partial charge in [-0.25, -0.2) is 4.39 Å². The number of nitrogens with one attached hydrogen (secondary N) is 1. The van der Waals surface area contributed by atoms with Crippen LogP contribution in [0.4, 0.5) is 4.39 Å². The van der Waals surface area contributed by atoms with Gasteiger partial charge in [0.25, 0.3) is 0 Å². The molecule has 1 heterocycles. The van der Waals surface area contributed by atoms with Gasteiger partial charge in [-0.15, -0.1) is 0 Å². The Morgan fingerprint density at radius 1 is 1.60 bits per heavy atom. The summed E-state index contributed by atoms with van der Waals surface area (Å²) in [6.07, 6.45) is 2.61. The smallest absolute Gasteiger partial charge is 0.115 e. The predicted molar refractivity (Wildman–Crippen MR) is 40.8 cm³/mol. The third kappa shape index (κ3) is 1.94. The first-order valence-corrected chi connectivity index (χ1v) is 4.19. The number of halogens is 1. The van der Waals surface area contributed by atoms with Crippen LogP contribution in [0.1, 0.15) is 26.2 Å². The Hall–Kier alpha value is -0.110. The van der Waals surface area contributed by atoms with Crippen molar-refractivity contribution in [3.8, 4) is 0 Å². The molecule has 2 atom stereocenters. The topological polar surface area (TPSA) is 12.0 Å². The minimum Gasteiger partial charge on any atom is -0.314 e. The van der Waals surface area contributed by atoms with Crippen molar-refractivity contribution in [1.82, 2.24) is 5.32 Å². The van der Waals surface area contributed by atoms with Crippen LogP contribution < -0.4 is 5.32 Å². The molecule has 1 N–H and O–H groups in total. The van der Waals surface area contributed by atoms with Crippen LogP contribution in [0.5, 0.6) is 0 Å². The van der Waals surface area contributed by atoms with Gasteiger partial charge in [0.15, 0.2) is 0 Å². The molecule has 2 heteroatoms. The Kier molecular flexibility index (Phi) is 3.13. The van der Waals surface area contributed by atoms with Gasteiger partial charge in [0, 0.05) is 6.54 Å². The van der Waals surface area contributed by atoms with Crippen molar-refractivity contribution in [2.75, 3.05) is 13.1 Å². The molecule has 0 bridgehead atoms. The largest absolute Gasteiger partial charge is 0.314 e. The van der Waals surface area contributed by atoms with Gasteiger partial charge < -0.3 is 5.32 Å². The highest BCUT2D eigenvalue weighted by Crippen LogP contribution is 2.20. The second kappa shape index (κ2) is 3.91. The predicted octanol–water partition coefficient (Wildman–Crippen LogP) is 1.73. The minimum atomic E-state index is -0.589. The van der Waals surface area contributed by atoms with Crippen molar-refractivity contribution >= 4 is 0 Å². The molecular formula is C8H16FN. The number of alkyl halides is 1. The zero-order valence-corrected chi connectivity index (χ0v) is 6.57. The van der Waals surface area contributed by atoms with Crippen LogP contribution >= 0.6 is 0 Å². The van der Waals surface area contributed by atoms with Gasteiger partial charge in [0.2, 0.25) is 0 Å². The van der Waals surface area contributed by atoms with E-state index in [1.807, 2.05) is 0 Å². The summed E-state index contributed by atoms with van der Waals surface area (Å²) in [7, 11) is 0. The van der Waals surface area contributed by atoms with Gasteiger partial charge in [-0.05, 0) is 25.3 Å². The molecule has 1 saturated heterocycles. The zero-order valence-electron chi connectivity index (χ0n) is 6.57. The van der Waals surface area contributed by atoms with Gasteiger partial charge in [-0.1, -0.05) is 13.3 Å². The maximum absolute atomic E-state index is 13.0. The van der Waals surface area contributed by atoms with Crippen molar-refractivity contribution in [2.45, 2.75) is 32.4 Å². The fourth-order valence-corrected chi connectivity index (χ4v) is 1.57. The quantitative estimate of drug-likeness (QED) is 0.624. The Balaban J connectivity index is 2.25. The van der Waals surface area contributed by atoms with Crippen LogP contribution in [0.3, 0.4) is 0 Å². The van der Waals surface area contributed by atoms with Crippen molar-refractivity contribution in [1.29, 1.82) is 0 Å².